The standard InChI is InChI=1S/C37H68N2O4/c1-6-7-8-9-10-11-15-18-21-24-31-42-32(40)25-30-39-33(41)37(28-29-38-35(4,5)34(37,2)3)43-36(39)26-22-19-16-13-12-14-17-20-23-27-36/h38H,6-31H2,1-5H3. The van der Waals surface area contributed by atoms with Crippen molar-refractivity contribution in [2.45, 2.75) is 199 Å². The van der Waals surface area contributed by atoms with Crippen molar-refractivity contribution in [3.63, 3.8) is 0 Å². The molecule has 3 aliphatic rings. The smallest absolute Gasteiger partial charge is 0.307 e. The quantitative estimate of drug-likeness (QED) is 0.158. The topological polar surface area (TPSA) is 67.9 Å². The van der Waals surface area contributed by atoms with Crippen LogP contribution in [-0.2, 0) is 19.1 Å². The van der Waals surface area contributed by atoms with Crippen LogP contribution in [0.2, 0.25) is 0 Å². The van der Waals surface area contributed by atoms with E-state index in [1.807, 2.05) is 4.90 Å². The number of rotatable bonds is 14. The van der Waals surface area contributed by atoms with E-state index >= 15 is 0 Å². The molecular weight excluding hydrogens is 536 g/mol. The summed E-state index contributed by atoms with van der Waals surface area (Å²) in [5.41, 5.74) is -2.16. The molecule has 6 nitrogen and oxygen atoms in total. The molecule has 0 aromatic rings. The van der Waals surface area contributed by atoms with Crippen LogP contribution in [0.3, 0.4) is 0 Å². The molecule has 6 heteroatoms. The van der Waals surface area contributed by atoms with E-state index < -0.39 is 16.7 Å². The summed E-state index contributed by atoms with van der Waals surface area (Å²) < 4.78 is 13.0. The average molecular weight is 605 g/mol. The van der Waals surface area contributed by atoms with Crippen molar-refractivity contribution in [1.82, 2.24) is 10.2 Å². The van der Waals surface area contributed by atoms with Gasteiger partial charge in [0.2, 0.25) is 0 Å². The number of esters is 1. The third-order valence-corrected chi connectivity index (χ3v) is 11.5. The number of carbonyl (C=O) groups excluding carboxylic acids is 2. The average Bonchev–Trinajstić information content (AvgIpc) is 3.19. The van der Waals surface area contributed by atoms with Crippen LogP contribution in [0.4, 0.5) is 0 Å². The number of ether oxygens (including phenoxy) is 2. The second-order valence-electron chi connectivity index (χ2n) is 15.1. The highest BCUT2D eigenvalue weighted by Gasteiger charge is 2.69. The molecule has 1 atom stereocenters. The normalized spacial score (nSPS) is 25.9. The Balaban J connectivity index is 1.60. The largest absolute Gasteiger partial charge is 0.466 e. The number of nitrogens with zero attached hydrogens (tertiary/aromatic N) is 1. The fourth-order valence-corrected chi connectivity index (χ4v) is 7.86. The SMILES string of the molecule is CCCCCCCCCCCCOC(=O)CCN1C(=O)C2(CCNC(C)(C)C2(C)C)OC12CCCCCCCCCCC2. The fourth-order valence-electron chi connectivity index (χ4n) is 7.86. The predicted octanol–water partition coefficient (Wildman–Crippen LogP) is 9.24. The van der Waals surface area contributed by atoms with Crippen LogP contribution in [0.5, 0.6) is 0 Å². The molecule has 2 aliphatic heterocycles. The minimum Gasteiger partial charge on any atom is -0.466 e. The monoisotopic (exact) mass is 605 g/mol. The van der Waals surface area contributed by atoms with Crippen LogP contribution in [0.1, 0.15) is 182 Å². The van der Waals surface area contributed by atoms with Gasteiger partial charge in [-0.2, -0.15) is 0 Å². The van der Waals surface area contributed by atoms with Crippen molar-refractivity contribution in [3.8, 4) is 0 Å². The molecule has 0 radical (unpaired) electrons. The maximum Gasteiger partial charge on any atom is 0.307 e. The first-order chi connectivity index (χ1) is 20.6. The molecule has 1 unspecified atom stereocenters. The van der Waals surface area contributed by atoms with E-state index in [2.05, 4.69) is 39.9 Å². The van der Waals surface area contributed by atoms with Crippen molar-refractivity contribution < 1.29 is 19.1 Å². The molecule has 1 amide bonds. The molecule has 1 aliphatic carbocycles. The summed E-state index contributed by atoms with van der Waals surface area (Å²) in [4.78, 5) is 29.6. The van der Waals surface area contributed by atoms with Crippen LogP contribution >= 0.6 is 0 Å². The Morgan fingerprint density at radius 1 is 0.767 bits per heavy atom. The first kappa shape index (κ1) is 36.3. The molecule has 2 saturated heterocycles. The lowest BCUT2D eigenvalue weighted by Crippen LogP contribution is -2.70. The predicted molar refractivity (Wildman–Crippen MR) is 177 cm³/mol. The van der Waals surface area contributed by atoms with E-state index in [-0.39, 0.29) is 23.8 Å². The van der Waals surface area contributed by atoms with Crippen LogP contribution in [0.25, 0.3) is 0 Å². The van der Waals surface area contributed by atoms with Gasteiger partial charge in [0.05, 0.1) is 13.0 Å². The van der Waals surface area contributed by atoms with Gasteiger partial charge < -0.3 is 19.7 Å². The van der Waals surface area contributed by atoms with E-state index in [1.54, 1.807) is 0 Å². The molecule has 250 valence electrons. The van der Waals surface area contributed by atoms with E-state index in [0.717, 1.165) is 45.1 Å². The molecule has 3 fully saturated rings. The van der Waals surface area contributed by atoms with Crippen molar-refractivity contribution >= 4 is 11.9 Å². The highest BCUT2D eigenvalue weighted by molar-refractivity contribution is 5.89. The van der Waals surface area contributed by atoms with Crippen molar-refractivity contribution in [3.05, 3.63) is 0 Å². The molecular formula is C37H68N2O4. The number of hydrogen-bond acceptors (Lipinski definition) is 5. The van der Waals surface area contributed by atoms with E-state index in [9.17, 15) is 9.59 Å². The second kappa shape index (κ2) is 17.5. The van der Waals surface area contributed by atoms with Gasteiger partial charge in [0, 0.05) is 17.5 Å². The van der Waals surface area contributed by atoms with Gasteiger partial charge in [0.25, 0.3) is 5.91 Å². The van der Waals surface area contributed by atoms with Crippen molar-refractivity contribution in [2.75, 3.05) is 19.7 Å². The highest BCUT2D eigenvalue weighted by Crippen LogP contribution is 2.56. The summed E-state index contributed by atoms with van der Waals surface area (Å²) >= 11 is 0. The number of hydrogen-bond donors (Lipinski definition) is 1. The van der Waals surface area contributed by atoms with Crippen LogP contribution in [0.15, 0.2) is 0 Å². The number of unbranched alkanes of at least 4 members (excludes halogenated alkanes) is 9. The molecule has 0 bridgehead atoms. The minimum atomic E-state index is -0.876. The van der Waals surface area contributed by atoms with Gasteiger partial charge in [0.1, 0.15) is 5.72 Å². The van der Waals surface area contributed by atoms with Gasteiger partial charge in [-0.3, -0.25) is 9.59 Å². The molecule has 2 spiro atoms. The lowest BCUT2D eigenvalue weighted by atomic mass is 9.59. The van der Waals surface area contributed by atoms with Gasteiger partial charge in [-0.25, -0.2) is 0 Å². The zero-order valence-electron chi connectivity index (χ0n) is 29.0. The van der Waals surface area contributed by atoms with Gasteiger partial charge in [-0.1, -0.05) is 124 Å². The Hall–Kier alpha value is -1.14. The number of piperidine rings is 1. The number of carbonyl (C=O) groups is 2. The maximum absolute atomic E-state index is 14.6. The number of amides is 1. The van der Waals surface area contributed by atoms with Crippen LogP contribution < -0.4 is 5.32 Å². The third-order valence-electron chi connectivity index (χ3n) is 11.5. The Bertz CT molecular complexity index is 828. The fraction of sp³-hybridized carbons (Fsp3) is 0.946. The first-order valence-electron chi connectivity index (χ1n) is 18.5. The summed E-state index contributed by atoms with van der Waals surface area (Å²) in [5, 5.41) is 3.66. The Labute approximate surface area is 265 Å². The lowest BCUT2D eigenvalue weighted by Gasteiger charge is -2.55. The zero-order chi connectivity index (χ0) is 31.2. The van der Waals surface area contributed by atoms with Crippen molar-refractivity contribution in [1.29, 1.82) is 0 Å². The Morgan fingerprint density at radius 3 is 1.84 bits per heavy atom. The van der Waals surface area contributed by atoms with Gasteiger partial charge in [-0.15, -0.1) is 0 Å². The van der Waals surface area contributed by atoms with E-state index in [0.29, 0.717) is 19.6 Å². The minimum absolute atomic E-state index is 0.0988. The van der Waals surface area contributed by atoms with Gasteiger partial charge in [0.15, 0.2) is 5.60 Å². The van der Waals surface area contributed by atoms with E-state index in [4.69, 9.17) is 9.47 Å². The van der Waals surface area contributed by atoms with Gasteiger partial charge >= 0.3 is 5.97 Å². The summed E-state index contributed by atoms with van der Waals surface area (Å²) in [6.07, 6.45) is 26.2. The second-order valence-corrected chi connectivity index (χ2v) is 15.1. The maximum atomic E-state index is 14.6. The van der Waals surface area contributed by atoms with Crippen LogP contribution in [0, 0.1) is 5.41 Å². The molecule has 0 aromatic heterocycles. The summed E-state index contributed by atoms with van der Waals surface area (Å²) in [7, 11) is 0. The summed E-state index contributed by atoms with van der Waals surface area (Å²) in [6, 6.07) is 0. The van der Waals surface area contributed by atoms with E-state index in [1.165, 1.54) is 96.3 Å². The van der Waals surface area contributed by atoms with Crippen molar-refractivity contribution in [2.24, 2.45) is 5.41 Å². The third kappa shape index (κ3) is 9.44. The molecule has 3 rings (SSSR count). The first-order valence-corrected chi connectivity index (χ1v) is 18.5. The molecule has 2 heterocycles. The number of nitrogens with one attached hydrogen (secondary N) is 1. The highest BCUT2D eigenvalue weighted by atomic mass is 16.6. The Kier molecular flexibility index (Phi) is 14.8. The van der Waals surface area contributed by atoms with Crippen LogP contribution in [-0.4, -0.2) is 53.3 Å². The summed E-state index contributed by atoms with van der Waals surface area (Å²) in [6.45, 7) is 12.7. The molecule has 1 saturated carbocycles. The summed E-state index contributed by atoms with van der Waals surface area (Å²) in [5.74, 6) is -0.0838. The zero-order valence-corrected chi connectivity index (χ0v) is 29.0. The molecule has 43 heavy (non-hydrogen) atoms. The lowest BCUT2D eigenvalue weighted by molar-refractivity contribution is -0.212. The molecule has 1 N–H and O–H groups in total. The Morgan fingerprint density at radius 2 is 1.28 bits per heavy atom. The molecule has 0 aromatic carbocycles. The van der Waals surface area contributed by atoms with Gasteiger partial charge in [-0.05, 0) is 58.9 Å².